The second-order valence-electron chi connectivity index (χ2n) is 11.6. The molecule has 0 aromatic heterocycles. The lowest BCUT2D eigenvalue weighted by atomic mass is 9.99. The van der Waals surface area contributed by atoms with Crippen LogP contribution in [0.2, 0.25) is 0 Å². The molecule has 11 heteroatoms. The Kier molecular flexibility index (Phi) is 11.8. The Morgan fingerprint density at radius 2 is 1.70 bits per heavy atom. The number of hydrogen-bond acceptors (Lipinski definition) is 7. The van der Waals surface area contributed by atoms with Crippen LogP contribution in [0, 0.1) is 0 Å². The normalized spacial score (nSPS) is 21.4. The van der Waals surface area contributed by atoms with Gasteiger partial charge in [-0.15, -0.1) is 0 Å². The monoisotopic (exact) mass is 625 g/mol. The first-order valence-electron chi connectivity index (χ1n) is 15.4. The number of aliphatic carboxylic acids is 1. The SMILES string of the molecule is CC1OC(C)N(S(=O)(=O)c2ccccc2)[C@@H]1C(=O)N[C@@H](Cc1ccc(CC(=O)CCCCCC2=NCCCC2)cc1)C(=O)O. The van der Waals surface area contributed by atoms with Gasteiger partial charge in [0.15, 0.2) is 0 Å². The van der Waals surface area contributed by atoms with Crippen LogP contribution in [0.1, 0.15) is 76.3 Å². The topological polar surface area (TPSA) is 142 Å². The number of ketones is 1. The van der Waals surface area contributed by atoms with Crippen molar-refractivity contribution in [1.29, 1.82) is 0 Å². The molecule has 2 aromatic carbocycles. The summed E-state index contributed by atoms with van der Waals surface area (Å²) >= 11 is 0. The summed E-state index contributed by atoms with van der Waals surface area (Å²) in [7, 11) is -4.09. The van der Waals surface area contributed by atoms with Gasteiger partial charge in [-0.3, -0.25) is 14.6 Å². The third kappa shape index (κ3) is 8.83. The molecule has 2 aromatic rings. The fourth-order valence-electron chi connectivity index (χ4n) is 5.86. The molecule has 2 unspecified atom stereocenters. The number of nitrogens with zero attached hydrogens (tertiary/aromatic N) is 2. The molecule has 0 aliphatic carbocycles. The third-order valence-electron chi connectivity index (χ3n) is 8.18. The van der Waals surface area contributed by atoms with E-state index in [2.05, 4.69) is 10.3 Å². The summed E-state index contributed by atoms with van der Waals surface area (Å²) in [5, 5.41) is 12.4. The molecule has 4 rings (SSSR count). The third-order valence-corrected chi connectivity index (χ3v) is 10.1. The van der Waals surface area contributed by atoms with Crippen molar-refractivity contribution in [3.05, 3.63) is 65.7 Å². The standard InChI is InChI=1S/C33H43N3O7S/c1-23-31(36(24(2)43-23)44(41,42)29-14-7-4-8-15-29)32(38)35-30(33(39)40)22-26-18-16-25(17-19-26)21-28(37)13-6-3-5-11-27-12-9-10-20-34-27/h4,7-8,14-19,23-24,30-31H,3,5-6,9-13,20-22H2,1-2H3,(H,35,38)(H,39,40)/t23?,24?,30-,31-/m0/s1. The summed E-state index contributed by atoms with van der Waals surface area (Å²) in [5.41, 5.74) is 2.83. The summed E-state index contributed by atoms with van der Waals surface area (Å²) in [6, 6.07) is 12.3. The summed E-state index contributed by atoms with van der Waals surface area (Å²) in [4.78, 5) is 42.6. The number of rotatable bonds is 15. The van der Waals surface area contributed by atoms with Gasteiger partial charge in [-0.1, -0.05) is 48.9 Å². The van der Waals surface area contributed by atoms with E-state index in [9.17, 15) is 27.9 Å². The fourth-order valence-corrected chi connectivity index (χ4v) is 7.61. The maximum atomic E-state index is 13.4. The van der Waals surface area contributed by atoms with Gasteiger partial charge in [0.1, 0.15) is 24.1 Å². The van der Waals surface area contributed by atoms with Crippen LogP contribution in [0.4, 0.5) is 0 Å². The first-order valence-corrected chi connectivity index (χ1v) is 16.9. The lowest BCUT2D eigenvalue weighted by Gasteiger charge is -2.27. The second kappa shape index (κ2) is 15.5. The van der Waals surface area contributed by atoms with Crippen LogP contribution < -0.4 is 5.32 Å². The number of benzene rings is 2. The maximum Gasteiger partial charge on any atom is 0.326 e. The summed E-state index contributed by atoms with van der Waals surface area (Å²) < 4.78 is 33.5. The molecular formula is C33H43N3O7S. The zero-order valence-electron chi connectivity index (χ0n) is 25.5. The number of carbonyl (C=O) groups is 3. The van der Waals surface area contributed by atoms with Crippen LogP contribution >= 0.6 is 0 Å². The number of carbonyl (C=O) groups excluding carboxylic acids is 2. The predicted molar refractivity (Wildman–Crippen MR) is 167 cm³/mol. The molecular weight excluding hydrogens is 582 g/mol. The first kappa shape index (κ1) is 33.5. The highest BCUT2D eigenvalue weighted by molar-refractivity contribution is 7.89. The van der Waals surface area contributed by atoms with Gasteiger partial charge in [-0.2, -0.15) is 4.31 Å². The number of hydrogen-bond donors (Lipinski definition) is 2. The number of sulfonamides is 1. The molecule has 2 aliphatic rings. The van der Waals surface area contributed by atoms with Crippen molar-refractivity contribution in [3.63, 3.8) is 0 Å². The van der Waals surface area contributed by atoms with Gasteiger partial charge in [0.05, 0.1) is 11.0 Å². The fraction of sp³-hybridized carbons (Fsp3) is 0.515. The van der Waals surface area contributed by atoms with Gasteiger partial charge in [0, 0.05) is 31.5 Å². The van der Waals surface area contributed by atoms with Crippen LogP contribution in [0.3, 0.4) is 0 Å². The lowest BCUT2D eigenvalue weighted by molar-refractivity contribution is -0.142. The number of Topliss-reactive ketones (excluding diaryl/α,β-unsaturated/α-hetero) is 1. The Bertz CT molecular complexity index is 1430. The molecule has 1 saturated heterocycles. The van der Waals surface area contributed by atoms with E-state index in [-0.39, 0.29) is 17.1 Å². The molecule has 0 saturated carbocycles. The highest BCUT2D eigenvalue weighted by atomic mass is 32.2. The molecule has 238 valence electrons. The predicted octanol–water partition coefficient (Wildman–Crippen LogP) is 4.31. The number of ether oxygens (including phenoxy) is 1. The van der Waals surface area contributed by atoms with E-state index in [1.807, 2.05) is 0 Å². The minimum atomic E-state index is -4.09. The van der Waals surface area contributed by atoms with Crippen molar-refractivity contribution in [2.24, 2.45) is 4.99 Å². The molecule has 10 nitrogen and oxygen atoms in total. The Morgan fingerprint density at radius 3 is 2.36 bits per heavy atom. The Hall–Kier alpha value is -3.41. The van der Waals surface area contributed by atoms with E-state index in [4.69, 9.17) is 4.74 Å². The van der Waals surface area contributed by atoms with Crippen LogP contribution in [0.5, 0.6) is 0 Å². The van der Waals surface area contributed by atoms with Crippen molar-refractivity contribution >= 4 is 33.4 Å². The number of unbranched alkanes of at least 4 members (excludes halogenated alkanes) is 2. The van der Waals surface area contributed by atoms with Crippen molar-refractivity contribution in [2.75, 3.05) is 6.54 Å². The Labute approximate surface area is 259 Å². The zero-order valence-corrected chi connectivity index (χ0v) is 26.3. The minimum absolute atomic E-state index is 0.0104. The van der Waals surface area contributed by atoms with Gasteiger partial charge < -0.3 is 15.2 Å². The van der Waals surface area contributed by atoms with Crippen LogP contribution in [-0.2, 0) is 42.0 Å². The number of carboxylic acids is 1. The molecule has 0 radical (unpaired) electrons. The van der Waals surface area contributed by atoms with Crippen LogP contribution in [0.15, 0.2) is 64.5 Å². The highest BCUT2D eigenvalue weighted by Gasteiger charge is 2.49. The molecule has 1 amide bonds. The summed E-state index contributed by atoms with van der Waals surface area (Å²) in [6.45, 7) is 4.08. The Morgan fingerprint density at radius 1 is 1.00 bits per heavy atom. The lowest BCUT2D eigenvalue weighted by Crippen LogP contribution is -2.54. The number of nitrogens with one attached hydrogen (secondary N) is 1. The van der Waals surface area contributed by atoms with E-state index in [0.29, 0.717) is 18.4 Å². The van der Waals surface area contributed by atoms with Gasteiger partial charge in [-0.05, 0) is 75.6 Å². The number of aliphatic imine (C=N–C) groups is 1. The number of carboxylic acid groups (broad SMARTS) is 1. The van der Waals surface area contributed by atoms with E-state index in [0.717, 1.165) is 48.5 Å². The van der Waals surface area contributed by atoms with Gasteiger partial charge in [0.25, 0.3) is 0 Å². The zero-order chi connectivity index (χ0) is 31.7. The molecule has 0 bridgehead atoms. The van der Waals surface area contributed by atoms with Gasteiger partial charge >= 0.3 is 5.97 Å². The smallest absolute Gasteiger partial charge is 0.326 e. The van der Waals surface area contributed by atoms with Crippen molar-refractivity contribution in [3.8, 4) is 0 Å². The van der Waals surface area contributed by atoms with E-state index < -0.39 is 46.3 Å². The average Bonchev–Trinajstić information content (AvgIpc) is 3.32. The van der Waals surface area contributed by atoms with E-state index >= 15 is 0 Å². The molecule has 2 N–H and O–H groups in total. The summed E-state index contributed by atoms with van der Waals surface area (Å²) in [6.07, 6.45) is 6.62. The summed E-state index contributed by atoms with van der Waals surface area (Å²) in [5.74, 6) is -1.83. The molecule has 0 spiro atoms. The highest BCUT2D eigenvalue weighted by Crippen LogP contribution is 2.30. The van der Waals surface area contributed by atoms with E-state index in [1.165, 1.54) is 30.7 Å². The maximum absolute atomic E-state index is 13.4. The molecule has 1 fully saturated rings. The van der Waals surface area contributed by atoms with Gasteiger partial charge in [0.2, 0.25) is 15.9 Å². The van der Waals surface area contributed by atoms with E-state index in [1.54, 1.807) is 56.3 Å². The minimum Gasteiger partial charge on any atom is -0.480 e. The van der Waals surface area contributed by atoms with Crippen molar-refractivity contribution in [1.82, 2.24) is 9.62 Å². The molecule has 2 heterocycles. The largest absolute Gasteiger partial charge is 0.480 e. The first-order chi connectivity index (χ1) is 21.1. The molecule has 44 heavy (non-hydrogen) atoms. The van der Waals surface area contributed by atoms with Crippen molar-refractivity contribution in [2.45, 2.75) is 107 Å². The molecule has 4 atom stereocenters. The quantitative estimate of drug-likeness (QED) is 0.281. The van der Waals surface area contributed by atoms with Crippen LogP contribution in [0.25, 0.3) is 0 Å². The average molecular weight is 626 g/mol. The Balaban J connectivity index is 1.30. The van der Waals surface area contributed by atoms with Crippen molar-refractivity contribution < 1.29 is 32.6 Å². The number of amides is 1. The van der Waals surface area contributed by atoms with Gasteiger partial charge in [-0.25, -0.2) is 13.2 Å². The molecule has 2 aliphatic heterocycles. The second-order valence-corrected chi connectivity index (χ2v) is 13.5. The van der Waals surface area contributed by atoms with Crippen LogP contribution in [-0.4, -0.2) is 72.2 Å².